The number of carbonyl (C=O) groups is 2. The standard InChI is InChI=1S/C13H18O3/c1-9-5-6-11(15)12(3,4)13(9,16)8-7-10(2)14/h5,7-8,16H,6H2,1-4H3/b8-7+/t13-/m1/s1. The van der Waals surface area contributed by atoms with Gasteiger partial charge in [-0.1, -0.05) is 6.08 Å². The SMILES string of the molecule is CC(=O)/C=C/[C@@]1(O)C(C)=CCC(=O)C1(C)C. The van der Waals surface area contributed by atoms with Crippen LogP contribution < -0.4 is 0 Å². The van der Waals surface area contributed by atoms with E-state index in [0.717, 1.165) is 5.57 Å². The van der Waals surface area contributed by atoms with Crippen LogP contribution in [0.25, 0.3) is 0 Å². The van der Waals surface area contributed by atoms with E-state index in [2.05, 4.69) is 0 Å². The van der Waals surface area contributed by atoms with E-state index in [1.54, 1.807) is 26.8 Å². The minimum absolute atomic E-state index is 0.0196. The predicted molar refractivity (Wildman–Crippen MR) is 61.9 cm³/mol. The summed E-state index contributed by atoms with van der Waals surface area (Å²) in [6, 6.07) is 0. The number of ketones is 2. The number of rotatable bonds is 2. The molecule has 1 atom stereocenters. The van der Waals surface area contributed by atoms with Crippen molar-refractivity contribution in [2.24, 2.45) is 5.41 Å². The average Bonchev–Trinajstić information content (AvgIpc) is 2.19. The van der Waals surface area contributed by atoms with Crippen molar-refractivity contribution >= 4 is 11.6 Å². The van der Waals surface area contributed by atoms with Crippen LogP contribution in [-0.4, -0.2) is 22.3 Å². The largest absolute Gasteiger partial charge is 0.380 e. The topological polar surface area (TPSA) is 54.4 Å². The second kappa shape index (κ2) is 3.98. The molecule has 0 unspecified atom stereocenters. The fourth-order valence-electron chi connectivity index (χ4n) is 1.94. The van der Waals surface area contributed by atoms with Crippen molar-refractivity contribution in [3.63, 3.8) is 0 Å². The zero-order valence-electron chi connectivity index (χ0n) is 10.2. The Hall–Kier alpha value is -1.22. The molecule has 1 N–H and O–H groups in total. The van der Waals surface area contributed by atoms with Gasteiger partial charge in [-0.15, -0.1) is 0 Å². The van der Waals surface area contributed by atoms with Crippen LogP contribution in [-0.2, 0) is 9.59 Å². The van der Waals surface area contributed by atoms with Gasteiger partial charge in [-0.2, -0.15) is 0 Å². The Morgan fingerprint density at radius 3 is 2.56 bits per heavy atom. The third-order valence-corrected chi connectivity index (χ3v) is 3.40. The Kier molecular flexibility index (Phi) is 3.20. The fourth-order valence-corrected chi connectivity index (χ4v) is 1.94. The number of hydrogen-bond acceptors (Lipinski definition) is 3. The summed E-state index contributed by atoms with van der Waals surface area (Å²) >= 11 is 0. The second-order valence-electron chi connectivity index (χ2n) is 4.85. The molecule has 0 aromatic carbocycles. The van der Waals surface area contributed by atoms with E-state index in [1.165, 1.54) is 19.1 Å². The first-order valence-electron chi connectivity index (χ1n) is 5.34. The van der Waals surface area contributed by atoms with Crippen molar-refractivity contribution in [3.8, 4) is 0 Å². The van der Waals surface area contributed by atoms with E-state index < -0.39 is 11.0 Å². The maximum atomic E-state index is 11.8. The van der Waals surface area contributed by atoms with Crippen LogP contribution in [0, 0.1) is 5.41 Å². The molecule has 88 valence electrons. The molecule has 0 heterocycles. The first-order chi connectivity index (χ1) is 7.22. The second-order valence-corrected chi connectivity index (χ2v) is 4.85. The van der Waals surface area contributed by atoms with Gasteiger partial charge in [0.25, 0.3) is 0 Å². The molecule has 0 aromatic rings. The monoisotopic (exact) mass is 222 g/mol. The van der Waals surface area contributed by atoms with E-state index in [0.29, 0.717) is 6.42 Å². The van der Waals surface area contributed by atoms with Gasteiger partial charge in [0, 0.05) is 6.42 Å². The van der Waals surface area contributed by atoms with Crippen LogP contribution >= 0.6 is 0 Å². The quantitative estimate of drug-likeness (QED) is 0.572. The maximum Gasteiger partial charge on any atom is 0.152 e. The lowest BCUT2D eigenvalue weighted by Gasteiger charge is -2.43. The van der Waals surface area contributed by atoms with Crippen LogP contribution in [0.2, 0.25) is 0 Å². The summed E-state index contributed by atoms with van der Waals surface area (Å²) in [4.78, 5) is 22.7. The summed E-state index contributed by atoms with van der Waals surface area (Å²) in [5.41, 5.74) is -1.53. The Labute approximate surface area is 95.9 Å². The van der Waals surface area contributed by atoms with Gasteiger partial charge in [-0.05, 0) is 45.4 Å². The summed E-state index contributed by atoms with van der Waals surface area (Å²) < 4.78 is 0. The molecule has 1 aliphatic carbocycles. The first-order valence-corrected chi connectivity index (χ1v) is 5.34. The molecular formula is C13H18O3. The molecule has 0 fully saturated rings. The first kappa shape index (κ1) is 12.8. The third-order valence-electron chi connectivity index (χ3n) is 3.40. The van der Waals surface area contributed by atoms with Crippen LogP contribution in [0.4, 0.5) is 0 Å². The van der Waals surface area contributed by atoms with Gasteiger partial charge in [-0.25, -0.2) is 0 Å². The highest BCUT2D eigenvalue weighted by molar-refractivity contribution is 5.91. The molecule has 0 aliphatic heterocycles. The number of Topliss-reactive ketones (excluding diaryl/α,β-unsaturated/α-hetero) is 1. The zero-order chi connectivity index (χ0) is 12.6. The molecule has 1 aliphatic rings. The Morgan fingerprint density at radius 2 is 2.06 bits per heavy atom. The summed E-state index contributed by atoms with van der Waals surface area (Å²) in [5.74, 6) is -0.163. The normalized spacial score (nSPS) is 29.3. The number of aliphatic hydroxyl groups is 1. The summed E-state index contributed by atoms with van der Waals surface area (Å²) in [6.45, 7) is 6.60. The van der Waals surface area contributed by atoms with E-state index in [-0.39, 0.29) is 11.6 Å². The van der Waals surface area contributed by atoms with Gasteiger partial charge < -0.3 is 5.11 Å². The van der Waals surface area contributed by atoms with E-state index >= 15 is 0 Å². The van der Waals surface area contributed by atoms with Crippen molar-refractivity contribution in [1.29, 1.82) is 0 Å². The van der Waals surface area contributed by atoms with Crippen LogP contribution in [0.3, 0.4) is 0 Å². The number of carbonyl (C=O) groups excluding carboxylic acids is 2. The molecule has 3 nitrogen and oxygen atoms in total. The molecule has 0 saturated heterocycles. The Morgan fingerprint density at radius 1 is 1.50 bits per heavy atom. The average molecular weight is 222 g/mol. The molecule has 0 spiro atoms. The minimum Gasteiger partial charge on any atom is -0.380 e. The number of hydrogen-bond donors (Lipinski definition) is 1. The van der Waals surface area contributed by atoms with E-state index in [1.807, 2.05) is 0 Å². The lowest BCUT2D eigenvalue weighted by atomic mass is 9.64. The minimum atomic E-state index is -1.35. The molecule has 0 aromatic heterocycles. The van der Waals surface area contributed by atoms with Crippen molar-refractivity contribution in [2.75, 3.05) is 0 Å². The van der Waals surface area contributed by atoms with Gasteiger partial charge in [0.15, 0.2) is 5.78 Å². The Bertz CT molecular complexity index is 388. The lowest BCUT2D eigenvalue weighted by Crippen LogP contribution is -2.51. The molecule has 0 bridgehead atoms. The van der Waals surface area contributed by atoms with Crippen molar-refractivity contribution < 1.29 is 14.7 Å². The summed E-state index contributed by atoms with van der Waals surface area (Å²) in [7, 11) is 0. The highest BCUT2D eigenvalue weighted by Crippen LogP contribution is 2.42. The number of allylic oxidation sites excluding steroid dienone is 2. The van der Waals surface area contributed by atoms with E-state index in [4.69, 9.17) is 0 Å². The summed E-state index contributed by atoms with van der Waals surface area (Å²) in [6.07, 6.45) is 4.81. The smallest absolute Gasteiger partial charge is 0.152 e. The zero-order valence-corrected chi connectivity index (χ0v) is 10.2. The van der Waals surface area contributed by atoms with Gasteiger partial charge >= 0.3 is 0 Å². The van der Waals surface area contributed by atoms with Gasteiger partial charge in [0.2, 0.25) is 0 Å². The molecule has 16 heavy (non-hydrogen) atoms. The van der Waals surface area contributed by atoms with Crippen molar-refractivity contribution in [3.05, 3.63) is 23.8 Å². The summed E-state index contributed by atoms with van der Waals surface area (Å²) in [5, 5.41) is 10.6. The third kappa shape index (κ3) is 1.87. The van der Waals surface area contributed by atoms with Crippen molar-refractivity contribution in [1.82, 2.24) is 0 Å². The predicted octanol–water partition coefficient (Wildman–Crippen LogP) is 1.81. The molecule has 0 saturated carbocycles. The highest BCUT2D eigenvalue weighted by atomic mass is 16.3. The van der Waals surface area contributed by atoms with Crippen LogP contribution in [0.1, 0.15) is 34.1 Å². The fraction of sp³-hybridized carbons (Fsp3) is 0.538. The van der Waals surface area contributed by atoms with Crippen LogP contribution in [0.15, 0.2) is 23.8 Å². The van der Waals surface area contributed by atoms with Gasteiger partial charge in [0.1, 0.15) is 11.4 Å². The molecule has 0 radical (unpaired) electrons. The molecular weight excluding hydrogens is 204 g/mol. The molecule has 1 rings (SSSR count). The van der Waals surface area contributed by atoms with Crippen LogP contribution in [0.5, 0.6) is 0 Å². The van der Waals surface area contributed by atoms with E-state index in [9.17, 15) is 14.7 Å². The van der Waals surface area contributed by atoms with Gasteiger partial charge in [0.05, 0.1) is 5.41 Å². The highest BCUT2D eigenvalue weighted by Gasteiger charge is 2.49. The Balaban J connectivity index is 3.25. The lowest BCUT2D eigenvalue weighted by molar-refractivity contribution is -0.136. The molecule has 0 amide bonds. The molecule has 3 heteroatoms. The van der Waals surface area contributed by atoms with Crippen molar-refractivity contribution in [2.45, 2.75) is 39.7 Å². The maximum absolute atomic E-state index is 11.8. The van der Waals surface area contributed by atoms with Gasteiger partial charge in [-0.3, -0.25) is 9.59 Å².